The van der Waals surface area contributed by atoms with Crippen LogP contribution in [0.15, 0.2) is 6.07 Å². The Hall–Kier alpha value is -1.25. The molecule has 3 nitrogen and oxygen atoms in total. The number of hydrogen-bond acceptors (Lipinski definition) is 3. The highest BCUT2D eigenvalue weighted by Crippen LogP contribution is 2.22. The predicted molar refractivity (Wildman–Crippen MR) is 49.4 cm³/mol. The number of nitrogens with zero attached hydrogens (tertiary/aromatic N) is 2. The Morgan fingerprint density at radius 2 is 2.27 bits per heavy atom. The molecule has 0 saturated heterocycles. The lowest BCUT2D eigenvalue weighted by Crippen LogP contribution is -2.03. The summed E-state index contributed by atoms with van der Waals surface area (Å²) in [4.78, 5) is 3.55. The summed E-state index contributed by atoms with van der Waals surface area (Å²) >= 11 is 5.48. The second-order valence-electron chi connectivity index (χ2n) is 2.73. The van der Waals surface area contributed by atoms with Crippen LogP contribution >= 0.6 is 11.6 Å². The Kier molecular flexibility index (Phi) is 3.95. The van der Waals surface area contributed by atoms with Crippen LogP contribution < -0.4 is 0 Å². The molecule has 0 amide bonds. The van der Waals surface area contributed by atoms with Gasteiger partial charge in [0.2, 0.25) is 0 Å². The lowest BCUT2D eigenvalue weighted by Gasteiger charge is -2.07. The van der Waals surface area contributed by atoms with Crippen molar-refractivity contribution in [3.63, 3.8) is 0 Å². The Morgan fingerprint density at radius 3 is 2.67 bits per heavy atom. The molecule has 80 valence electrons. The summed E-state index contributed by atoms with van der Waals surface area (Å²) < 4.78 is 24.7. The van der Waals surface area contributed by atoms with Crippen LogP contribution in [0.2, 0.25) is 0 Å². The molecule has 0 radical (unpaired) electrons. The average molecular weight is 233 g/mol. The van der Waals surface area contributed by atoms with Gasteiger partial charge in [0.1, 0.15) is 11.8 Å². The first kappa shape index (κ1) is 11.8. The van der Waals surface area contributed by atoms with E-state index < -0.39 is 18.7 Å². The summed E-state index contributed by atoms with van der Waals surface area (Å²) in [6.07, 6.45) is -2.75. The number of rotatable bonds is 3. The van der Waals surface area contributed by atoms with E-state index in [4.69, 9.17) is 22.0 Å². The van der Waals surface area contributed by atoms with E-state index in [0.29, 0.717) is 0 Å². The van der Waals surface area contributed by atoms with Crippen molar-refractivity contribution in [2.45, 2.75) is 18.9 Å². The van der Waals surface area contributed by atoms with Crippen molar-refractivity contribution in [2.75, 3.05) is 0 Å². The van der Waals surface area contributed by atoms with Gasteiger partial charge in [-0.1, -0.05) is 0 Å². The molecule has 0 aliphatic carbocycles. The summed E-state index contributed by atoms with van der Waals surface area (Å²) in [5, 5.41) is 17.7. The fourth-order valence-electron chi connectivity index (χ4n) is 1.15. The molecule has 1 aromatic heterocycles. The zero-order valence-electron chi connectivity index (χ0n) is 7.54. The van der Waals surface area contributed by atoms with Gasteiger partial charge < -0.3 is 5.11 Å². The zero-order chi connectivity index (χ0) is 11.4. The fraction of sp³-hybridized carbons (Fsp3) is 0.333. The zero-order valence-corrected chi connectivity index (χ0v) is 8.30. The molecule has 1 rings (SSSR count). The average Bonchev–Trinajstić information content (AvgIpc) is 2.26. The first-order valence-electron chi connectivity index (χ1n) is 4.01. The molecule has 0 unspecified atom stereocenters. The minimum atomic E-state index is -2.75. The summed E-state index contributed by atoms with van der Waals surface area (Å²) in [5.74, 6) is -0.142. The van der Waals surface area contributed by atoms with Crippen LogP contribution in [-0.2, 0) is 12.5 Å². The maximum atomic E-state index is 12.4. The van der Waals surface area contributed by atoms with E-state index in [9.17, 15) is 8.78 Å². The molecule has 0 bridgehead atoms. The van der Waals surface area contributed by atoms with Crippen LogP contribution in [0.5, 0.6) is 0 Å². The molecule has 6 heteroatoms. The second-order valence-corrected chi connectivity index (χ2v) is 3.00. The number of aliphatic hydroxyl groups excluding tert-OH is 1. The van der Waals surface area contributed by atoms with Gasteiger partial charge in [0.05, 0.1) is 23.7 Å². The van der Waals surface area contributed by atoms with Crippen molar-refractivity contribution in [1.29, 1.82) is 5.26 Å². The summed E-state index contributed by atoms with van der Waals surface area (Å²) in [7, 11) is 0. The van der Waals surface area contributed by atoms with Gasteiger partial charge in [-0.05, 0) is 11.6 Å². The fourth-order valence-corrected chi connectivity index (χ4v) is 1.34. The van der Waals surface area contributed by atoms with E-state index in [1.54, 1.807) is 6.07 Å². The summed E-state index contributed by atoms with van der Waals surface area (Å²) in [5.41, 5.74) is -0.218. The third-order valence-corrected chi connectivity index (χ3v) is 2.08. The number of halogens is 3. The maximum Gasteiger partial charge on any atom is 0.280 e. The molecule has 0 aliphatic rings. The largest absolute Gasteiger partial charge is 0.392 e. The Balaban J connectivity index is 3.37. The predicted octanol–water partition coefficient (Wildman–Crippen LogP) is 2.12. The van der Waals surface area contributed by atoms with Crippen LogP contribution in [0.1, 0.15) is 28.9 Å². The summed E-state index contributed by atoms with van der Waals surface area (Å²) in [6.45, 7) is -0.491. The van der Waals surface area contributed by atoms with Crippen molar-refractivity contribution in [3.05, 3.63) is 28.6 Å². The highest BCUT2D eigenvalue weighted by atomic mass is 35.5. The monoisotopic (exact) mass is 232 g/mol. The molecule has 0 fully saturated rings. The number of aliphatic hydroxyl groups is 1. The standard InChI is InChI=1S/C9H7ClF2N2O/c10-2-8-6(3-13)5(4-15)1-7(14-8)9(11)12/h1,9,15H,2,4H2. The molecule has 1 aromatic rings. The van der Waals surface area contributed by atoms with Gasteiger partial charge in [-0.15, -0.1) is 11.6 Å². The van der Waals surface area contributed by atoms with Gasteiger partial charge in [0, 0.05) is 0 Å². The van der Waals surface area contributed by atoms with Crippen LogP contribution in [-0.4, -0.2) is 10.1 Å². The number of nitriles is 1. The van der Waals surface area contributed by atoms with E-state index in [0.717, 1.165) is 6.07 Å². The number of hydrogen-bond donors (Lipinski definition) is 1. The van der Waals surface area contributed by atoms with Gasteiger partial charge in [0.25, 0.3) is 6.43 Å². The third-order valence-electron chi connectivity index (χ3n) is 1.83. The SMILES string of the molecule is N#Cc1c(CO)cc(C(F)F)nc1CCl. The lowest BCUT2D eigenvalue weighted by molar-refractivity contribution is 0.145. The van der Waals surface area contributed by atoms with Crippen LogP contribution in [0, 0.1) is 11.3 Å². The quantitative estimate of drug-likeness (QED) is 0.812. The maximum absolute atomic E-state index is 12.4. The first-order chi connectivity index (χ1) is 7.13. The van der Waals surface area contributed by atoms with E-state index in [1.165, 1.54) is 0 Å². The van der Waals surface area contributed by atoms with Gasteiger partial charge in [0.15, 0.2) is 0 Å². The third kappa shape index (κ3) is 2.41. The van der Waals surface area contributed by atoms with E-state index in [1.807, 2.05) is 0 Å². The van der Waals surface area contributed by atoms with Gasteiger partial charge >= 0.3 is 0 Å². The van der Waals surface area contributed by atoms with Gasteiger partial charge in [-0.3, -0.25) is 0 Å². The van der Waals surface area contributed by atoms with Gasteiger partial charge in [-0.25, -0.2) is 13.8 Å². The van der Waals surface area contributed by atoms with Crippen LogP contribution in [0.25, 0.3) is 0 Å². The lowest BCUT2D eigenvalue weighted by atomic mass is 10.1. The number of pyridine rings is 1. The van der Waals surface area contributed by atoms with Crippen molar-refractivity contribution in [3.8, 4) is 6.07 Å². The molecule has 15 heavy (non-hydrogen) atoms. The van der Waals surface area contributed by atoms with Crippen LogP contribution in [0.3, 0.4) is 0 Å². The Labute approximate surface area is 89.9 Å². The van der Waals surface area contributed by atoms with Gasteiger partial charge in [-0.2, -0.15) is 5.26 Å². The molecule has 1 N–H and O–H groups in total. The molecular weight excluding hydrogens is 226 g/mol. The Bertz CT molecular complexity index is 379. The first-order valence-corrected chi connectivity index (χ1v) is 4.55. The molecule has 0 aliphatic heterocycles. The second kappa shape index (κ2) is 5.01. The number of aromatic nitrogens is 1. The van der Waals surface area contributed by atoms with E-state index in [-0.39, 0.29) is 22.7 Å². The minimum Gasteiger partial charge on any atom is -0.392 e. The highest BCUT2D eigenvalue weighted by molar-refractivity contribution is 6.17. The van der Waals surface area contributed by atoms with E-state index >= 15 is 0 Å². The molecule has 0 atom stereocenters. The van der Waals surface area contributed by atoms with Crippen molar-refractivity contribution < 1.29 is 13.9 Å². The highest BCUT2D eigenvalue weighted by Gasteiger charge is 2.16. The van der Waals surface area contributed by atoms with E-state index in [2.05, 4.69) is 4.98 Å². The molecule has 1 heterocycles. The number of alkyl halides is 3. The summed E-state index contributed by atoms with van der Waals surface area (Å²) in [6, 6.07) is 2.79. The minimum absolute atomic E-state index is 0.0666. The molecule has 0 spiro atoms. The van der Waals surface area contributed by atoms with Crippen molar-refractivity contribution >= 4 is 11.6 Å². The smallest absolute Gasteiger partial charge is 0.280 e. The molecule has 0 aromatic carbocycles. The van der Waals surface area contributed by atoms with Crippen molar-refractivity contribution in [2.24, 2.45) is 0 Å². The van der Waals surface area contributed by atoms with Crippen LogP contribution in [0.4, 0.5) is 8.78 Å². The normalized spacial score (nSPS) is 10.4. The molecule has 0 saturated carbocycles. The topological polar surface area (TPSA) is 56.9 Å². The van der Waals surface area contributed by atoms with Crippen molar-refractivity contribution in [1.82, 2.24) is 4.98 Å². The molecular formula is C9H7ClF2N2O. The Morgan fingerprint density at radius 1 is 1.60 bits per heavy atom.